The van der Waals surface area contributed by atoms with Gasteiger partial charge in [0.25, 0.3) is 5.91 Å². The maximum absolute atomic E-state index is 12.6. The molecule has 0 radical (unpaired) electrons. The highest BCUT2D eigenvalue weighted by molar-refractivity contribution is 7.90. The van der Waals surface area contributed by atoms with Crippen LogP contribution in [0.15, 0.2) is 54.6 Å². The van der Waals surface area contributed by atoms with Gasteiger partial charge in [0.2, 0.25) is 5.91 Å². The first-order valence-electron chi connectivity index (χ1n) is 8.54. The zero-order valence-corrected chi connectivity index (χ0v) is 16.1. The zero-order valence-electron chi connectivity index (χ0n) is 15.3. The average Bonchev–Trinajstić information content (AvgIpc) is 2.72. The second kappa shape index (κ2) is 10.0. The van der Waals surface area contributed by atoms with Crippen LogP contribution >= 0.6 is 0 Å². The number of hydrogen-bond donors (Lipinski definition) is 2. The van der Waals surface area contributed by atoms with Crippen LogP contribution in [-0.4, -0.2) is 38.6 Å². The fourth-order valence-electron chi connectivity index (χ4n) is 2.51. The molecule has 2 amide bonds. The second-order valence-electron chi connectivity index (χ2n) is 6.13. The summed E-state index contributed by atoms with van der Waals surface area (Å²) in [5.74, 6) is -2.36. The van der Waals surface area contributed by atoms with Crippen molar-refractivity contribution in [2.45, 2.75) is 11.8 Å². The number of nitriles is 2. The van der Waals surface area contributed by atoms with Crippen molar-refractivity contribution in [2.75, 3.05) is 12.3 Å². The number of amides is 2. The number of nitrogens with zero attached hydrogens (tertiary/aromatic N) is 2. The third kappa shape index (κ3) is 6.76. The standard InChI is InChI=1S/C20H18N4O4S/c21-10-11-23-20(26)18(24-19(25)17-4-2-1-3-5-17)14-29(27,28)13-16-8-6-15(12-22)7-9-16/h1-9,18H,11,13-14H2,(H,23,26)(H,24,25)/t18-/m0/s1. The first kappa shape index (κ1) is 21.6. The molecule has 2 aromatic carbocycles. The summed E-state index contributed by atoms with van der Waals surface area (Å²) in [7, 11) is -3.79. The Morgan fingerprint density at radius 3 is 2.24 bits per heavy atom. The van der Waals surface area contributed by atoms with E-state index >= 15 is 0 Å². The molecule has 0 aliphatic carbocycles. The van der Waals surface area contributed by atoms with Gasteiger partial charge in [-0.1, -0.05) is 30.3 Å². The molecule has 148 valence electrons. The highest BCUT2D eigenvalue weighted by Crippen LogP contribution is 2.10. The SMILES string of the molecule is N#CCNC(=O)[C@H](CS(=O)(=O)Cc1ccc(C#N)cc1)NC(=O)c1ccccc1. The Balaban J connectivity index is 2.16. The molecule has 0 saturated carbocycles. The third-order valence-electron chi connectivity index (χ3n) is 3.89. The summed E-state index contributed by atoms with van der Waals surface area (Å²) in [5, 5.41) is 22.1. The molecule has 9 heteroatoms. The van der Waals surface area contributed by atoms with E-state index in [1.807, 2.05) is 6.07 Å². The Morgan fingerprint density at radius 1 is 1.00 bits per heavy atom. The zero-order chi connectivity index (χ0) is 21.3. The average molecular weight is 410 g/mol. The fourth-order valence-corrected chi connectivity index (χ4v) is 4.07. The van der Waals surface area contributed by atoms with Gasteiger partial charge in [-0.3, -0.25) is 9.59 Å². The van der Waals surface area contributed by atoms with Crippen molar-refractivity contribution in [1.29, 1.82) is 10.5 Å². The van der Waals surface area contributed by atoms with Crippen LogP contribution in [0.3, 0.4) is 0 Å². The minimum Gasteiger partial charge on any atom is -0.341 e. The van der Waals surface area contributed by atoms with Crippen LogP contribution in [0.4, 0.5) is 0 Å². The van der Waals surface area contributed by atoms with E-state index in [2.05, 4.69) is 10.6 Å². The van der Waals surface area contributed by atoms with Crippen molar-refractivity contribution < 1.29 is 18.0 Å². The van der Waals surface area contributed by atoms with Crippen molar-refractivity contribution in [2.24, 2.45) is 0 Å². The van der Waals surface area contributed by atoms with Gasteiger partial charge in [0.1, 0.15) is 12.6 Å². The third-order valence-corrected chi connectivity index (χ3v) is 5.50. The molecule has 0 aliphatic heterocycles. The minimum atomic E-state index is -3.79. The molecular formula is C20H18N4O4S. The highest BCUT2D eigenvalue weighted by atomic mass is 32.2. The molecule has 0 spiro atoms. The molecule has 2 rings (SSSR count). The summed E-state index contributed by atoms with van der Waals surface area (Å²) in [6.07, 6.45) is 0. The smallest absolute Gasteiger partial charge is 0.251 e. The lowest BCUT2D eigenvalue weighted by Crippen LogP contribution is -2.50. The number of sulfone groups is 1. The molecule has 2 N–H and O–H groups in total. The Morgan fingerprint density at radius 2 is 1.66 bits per heavy atom. The Kier molecular flexibility index (Phi) is 7.47. The number of hydrogen-bond acceptors (Lipinski definition) is 6. The van der Waals surface area contributed by atoms with Gasteiger partial charge < -0.3 is 10.6 Å². The Labute approximate surface area is 168 Å². The van der Waals surface area contributed by atoms with Gasteiger partial charge in [-0.15, -0.1) is 0 Å². The minimum absolute atomic E-state index is 0.273. The largest absolute Gasteiger partial charge is 0.341 e. The van der Waals surface area contributed by atoms with Gasteiger partial charge >= 0.3 is 0 Å². The van der Waals surface area contributed by atoms with E-state index in [-0.39, 0.29) is 17.9 Å². The van der Waals surface area contributed by atoms with E-state index in [0.29, 0.717) is 11.1 Å². The molecule has 8 nitrogen and oxygen atoms in total. The Hall–Kier alpha value is -3.69. The van der Waals surface area contributed by atoms with Gasteiger partial charge in [-0.05, 0) is 29.8 Å². The van der Waals surface area contributed by atoms with Crippen LogP contribution in [0.1, 0.15) is 21.5 Å². The summed E-state index contributed by atoms with van der Waals surface area (Å²) in [6, 6.07) is 16.4. The van der Waals surface area contributed by atoms with Crippen molar-refractivity contribution >= 4 is 21.7 Å². The second-order valence-corrected chi connectivity index (χ2v) is 8.24. The molecule has 0 fully saturated rings. The predicted octanol–water partition coefficient (Wildman–Crippen LogP) is 0.911. The van der Waals surface area contributed by atoms with Crippen molar-refractivity contribution in [1.82, 2.24) is 10.6 Å². The van der Waals surface area contributed by atoms with Gasteiger partial charge in [0.05, 0.1) is 29.2 Å². The van der Waals surface area contributed by atoms with E-state index < -0.39 is 33.4 Å². The van der Waals surface area contributed by atoms with Gasteiger partial charge in [-0.25, -0.2) is 8.42 Å². The molecule has 0 saturated heterocycles. The van der Waals surface area contributed by atoms with Crippen LogP contribution < -0.4 is 10.6 Å². The molecule has 2 aromatic rings. The quantitative estimate of drug-likeness (QED) is 0.620. The first-order valence-corrected chi connectivity index (χ1v) is 10.4. The molecule has 0 aliphatic rings. The summed E-state index contributed by atoms with van der Waals surface area (Å²) >= 11 is 0. The summed E-state index contributed by atoms with van der Waals surface area (Å²) in [6.45, 7) is -0.313. The lowest BCUT2D eigenvalue weighted by Gasteiger charge is -2.18. The maximum Gasteiger partial charge on any atom is 0.251 e. The molecule has 0 aromatic heterocycles. The predicted molar refractivity (Wildman–Crippen MR) is 105 cm³/mol. The molecule has 0 unspecified atom stereocenters. The molecular weight excluding hydrogens is 392 g/mol. The first-order chi connectivity index (χ1) is 13.8. The van der Waals surface area contributed by atoms with Crippen LogP contribution in [0, 0.1) is 22.7 Å². The fraction of sp³-hybridized carbons (Fsp3) is 0.200. The Bertz CT molecular complexity index is 1050. The van der Waals surface area contributed by atoms with Crippen LogP contribution in [-0.2, 0) is 20.4 Å². The van der Waals surface area contributed by atoms with Crippen molar-refractivity contribution in [3.63, 3.8) is 0 Å². The number of carbonyl (C=O) groups excluding carboxylic acids is 2. The van der Waals surface area contributed by atoms with E-state index in [4.69, 9.17) is 10.5 Å². The van der Waals surface area contributed by atoms with Gasteiger partial charge in [-0.2, -0.15) is 10.5 Å². The van der Waals surface area contributed by atoms with Crippen LogP contribution in [0.5, 0.6) is 0 Å². The lowest BCUT2D eigenvalue weighted by molar-refractivity contribution is -0.122. The van der Waals surface area contributed by atoms with Crippen LogP contribution in [0.25, 0.3) is 0 Å². The molecule has 0 bridgehead atoms. The highest BCUT2D eigenvalue weighted by Gasteiger charge is 2.27. The monoisotopic (exact) mass is 410 g/mol. The van der Waals surface area contributed by atoms with E-state index in [0.717, 1.165) is 0 Å². The normalized spacial score (nSPS) is 11.5. The van der Waals surface area contributed by atoms with Crippen molar-refractivity contribution in [3.05, 3.63) is 71.3 Å². The van der Waals surface area contributed by atoms with Gasteiger partial charge in [0.15, 0.2) is 9.84 Å². The number of carbonyl (C=O) groups is 2. The van der Waals surface area contributed by atoms with E-state index in [1.165, 1.54) is 36.4 Å². The van der Waals surface area contributed by atoms with Crippen molar-refractivity contribution in [3.8, 4) is 12.1 Å². The van der Waals surface area contributed by atoms with E-state index in [9.17, 15) is 18.0 Å². The summed E-state index contributed by atoms with van der Waals surface area (Å²) in [5.41, 5.74) is 1.12. The van der Waals surface area contributed by atoms with Crippen LogP contribution in [0.2, 0.25) is 0 Å². The molecule has 29 heavy (non-hydrogen) atoms. The van der Waals surface area contributed by atoms with Gasteiger partial charge in [0, 0.05) is 5.56 Å². The lowest BCUT2D eigenvalue weighted by atomic mass is 10.2. The number of nitrogens with one attached hydrogen (secondary N) is 2. The summed E-state index contributed by atoms with van der Waals surface area (Å²) < 4.78 is 25.2. The van der Waals surface area contributed by atoms with E-state index in [1.54, 1.807) is 24.3 Å². The number of benzene rings is 2. The summed E-state index contributed by atoms with van der Waals surface area (Å²) in [4.78, 5) is 24.7. The maximum atomic E-state index is 12.6. The topological polar surface area (TPSA) is 140 Å². The molecule has 1 atom stereocenters. The molecule has 0 heterocycles. The number of rotatable bonds is 8.